The Morgan fingerprint density at radius 2 is 1.69 bits per heavy atom. The maximum Gasteiger partial charge on any atom is 0.196 e. The van der Waals surface area contributed by atoms with E-state index in [0.717, 1.165) is 11.3 Å². The lowest BCUT2D eigenvalue weighted by atomic mass is 10.2. The minimum Gasteiger partial charge on any atom is -0.294 e. The van der Waals surface area contributed by atoms with Crippen LogP contribution in [0.2, 0.25) is 5.02 Å². The zero-order valence-corrected chi connectivity index (χ0v) is 18.8. The van der Waals surface area contributed by atoms with Gasteiger partial charge in [0.05, 0.1) is 12.2 Å². The van der Waals surface area contributed by atoms with Gasteiger partial charge in [-0.15, -0.1) is 10.2 Å². The highest BCUT2D eigenvalue weighted by Gasteiger charge is 2.18. The number of hydrogen-bond acceptors (Lipinski definition) is 5. The molecule has 9 heteroatoms. The van der Waals surface area contributed by atoms with Crippen LogP contribution in [0.4, 0.5) is 8.78 Å². The second-order valence-electron chi connectivity index (χ2n) is 7.23. The molecule has 5 nitrogen and oxygen atoms in total. The van der Waals surface area contributed by atoms with E-state index in [0.29, 0.717) is 28.3 Å². The molecule has 0 bridgehead atoms. The number of halogens is 3. The first-order valence-corrected chi connectivity index (χ1v) is 11.2. The molecule has 2 aromatic carbocycles. The smallest absolute Gasteiger partial charge is 0.196 e. The lowest BCUT2D eigenvalue weighted by Gasteiger charge is -2.18. The maximum atomic E-state index is 14.1. The predicted molar refractivity (Wildman–Crippen MR) is 122 cm³/mol. The van der Waals surface area contributed by atoms with E-state index in [4.69, 9.17) is 11.6 Å². The zero-order valence-electron chi connectivity index (χ0n) is 17.3. The topological polar surface area (TPSA) is 46.8 Å². The average molecular weight is 472 g/mol. The number of pyridine rings is 1. The summed E-state index contributed by atoms with van der Waals surface area (Å²) >= 11 is 7.76. The van der Waals surface area contributed by atoms with Gasteiger partial charge in [0.15, 0.2) is 11.0 Å². The third-order valence-corrected chi connectivity index (χ3v) is 6.02. The Morgan fingerprint density at radius 3 is 2.41 bits per heavy atom. The minimum atomic E-state index is -0.568. The van der Waals surface area contributed by atoms with Gasteiger partial charge < -0.3 is 0 Å². The van der Waals surface area contributed by atoms with E-state index in [2.05, 4.69) is 15.2 Å². The molecule has 4 aromatic rings. The van der Waals surface area contributed by atoms with Gasteiger partial charge in [0, 0.05) is 35.3 Å². The van der Waals surface area contributed by atoms with E-state index in [9.17, 15) is 8.78 Å². The van der Waals surface area contributed by atoms with Crippen molar-refractivity contribution in [2.24, 2.45) is 0 Å². The van der Waals surface area contributed by atoms with Gasteiger partial charge in [-0.3, -0.25) is 14.5 Å². The van der Waals surface area contributed by atoms with Crippen molar-refractivity contribution in [2.75, 3.05) is 7.05 Å². The lowest BCUT2D eigenvalue weighted by molar-refractivity contribution is 0.297. The molecule has 0 aliphatic carbocycles. The van der Waals surface area contributed by atoms with Gasteiger partial charge in [-0.1, -0.05) is 35.5 Å². The van der Waals surface area contributed by atoms with E-state index in [1.165, 1.54) is 30.0 Å². The van der Waals surface area contributed by atoms with Crippen LogP contribution in [0.3, 0.4) is 0 Å². The molecular weight excluding hydrogens is 452 g/mol. The monoisotopic (exact) mass is 471 g/mol. The van der Waals surface area contributed by atoms with E-state index < -0.39 is 11.6 Å². The average Bonchev–Trinajstić information content (AvgIpc) is 3.18. The molecular formula is C23H20ClF2N5S. The van der Waals surface area contributed by atoms with Gasteiger partial charge in [-0.2, -0.15) is 0 Å². The van der Waals surface area contributed by atoms with Crippen molar-refractivity contribution < 1.29 is 8.78 Å². The number of thioether (sulfide) groups is 1. The summed E-state index contributed by atoms with van der Waals surface area (Å²) in [4.78, 5) is 5.84. The molecule has 2 aromatic heterocycles. The van der Waals surface area contributed by atoms with Crippen LogP contribution in [0.1, 0.15) is 17.0 Å². The number of rotatable bonds is 8. The van der Waals surface area contributed by atoms with Crippen LogP contribution >= 0.6 is 23.4 Å². The summed E-state index contributed by atoms with van der Waals surface area (Å²) in [5.74, 6) is 0.199. The Labute approximate surface area is 194 Å². The summed E-state index contributed by atoms with van der Waals surface area (Å²) in [6.07, 6.45) is 3.50. The Morgan fingerprint density at radius 1 is 0.969 bits per heavy atom. The molecule has 4 rings (SSSR count). The van der Waals surface area contributed by atoms with Crippen LogP contribution in [-0.2, 0) is 18.8 Å². The Kier molecular flexibility index (Phi) is 7.14. The standard InChI is InChI=1S/C23H20ClF2N5S/c1-30(13-19-20(25)6-3-7-21(19)26)14-22-28-29-23(32-15-16-8-10-27-11-9-16)31(22)18-5-2-4-17(24)12-18/h2-12H,13-15H2,1H3. The fourth-order valence-electron chi connectivity index (χ4n) is 3.25. The molecule has 164 valence electrons. The fourth-order valence-corrected chi connectivity index (χ4v) is 4.36. The normalized spacial score (nSPS) is 11.3. The highest BCUT2D eigenvalue weighted by Crippen LogP contribution is 2.27. The summed E-state index contributed by atoms with van der Waals surface area (Å²) < 4.78 is 30.1. The van der Waals surface area contributed by atoms with Crippen molar-refractivity contribution in [3.63, 3.8) is 0 Å². The summed E-state index contributed by atoms with van der Waals surface area (Å²) in [6, 6.07) is 15.2. The van der Waals surface area contributed by atoms with Gasteiger partial charge in [0.1, 0.15) is 11.6 Å². The van der Waals surface area contributed by atoms with Gasteiger partial charge in [0.2, 0.25) is 0 Å². The first-order chi connectivity index (χ1) is 15.5. The van der Waals surface area contributed by atoms with Crippen molar-refractivity contribution in [3.8, 4) is 5.69 Å². The van der Waals surface area contributed by atoms with E-state index in [-0.39, 0.29) is 12.1 Å². The highest BCUT2D eigenvalue weighted by molar-refractivity contribution is 7.98. The largest absolute Gasteiger partial charge is 0.294 e. The summed E-state index contributed by atoms with van der Waals surface area (Å²) in [5, 5.41) is 10.0. The number of aromatic nitrogens is 4. The first kappa shape index (κ1) is 22.4. The summed E-state index contributed by atoms with van der Waals surface area (Å²) in [7, 11) is 1.78. The fraction of sp³-hybridized carbons (Fsp3) is 0.174. The summed E-state index contributed by atoms with van der Waals surface area (Å²) in [6.45, 7) is 0.434. The van der Waals surface area contributed by atoms with Gasteiger partial charge in [0.25, 0.3) is 0 Å². The molecule has 0 atom stereocenters. The highest BCUT2D eigenvalue weighted by atomic mass is 35.5. The Balaban J connectivity index is 1.60. The lowest BCUT2D eigenvalue weighted by Crippen LogP contribution is -2.21. The second kappa shape index (κ2) is 10.2. The molecule has 0 radical (unpaired) electrons. The van der Waals surface area contributed by atoms with Crippen molar-refractivity contribution >= 4 is 23.4 Å². The molecule has 0 spiro atoms. The Hall–Kier alpha value is -2.81. The molecule has 0 saturated carbocycles. The van der Waals surface area contributed by atoms with Gasteiger partial charge in [-0.25, -0.2) is 8.78 Å². The number of hydrogen-bond donors (Lipinski definition) is 0. The van der Waals surface area contributed by atoms with E-state index in [1.807, 2.05) is 34.9 Å². The van der Waals surface area contributed by atoms with Crippen LogP contribution < -0.4 is 0 Å². The predicted octanol–water partition coefficient (Wildman–Crippen LogP) is 5.52. The van der Waals surface area contributed by atoms with Crippen LogP contribution in [0, 0.1) is 11.6 Å². The Bertz CT molecular complexity index is 1180. The maximum absolute atomic E-state index is 14.1. The van der Waals surface area contributed by atoms with Crippen molar-refractivity contribution in [1.29, 1.82) is 0 Å². The number of benzene rings is 2. The van der Waals surface area contributed by atoms with Crippen molar-refractivity contribution in [2.45, 2.75) is 24.0 Å². The van der Waals surface area contributed by atoms with Gasteiger partial charge >= 0.3 is 0 Å². The quantitative estimate of drug-likeness (QED) is 0.317. The molecule has 0 fully saturated rings. The van der Waals surface area contributed by atoms with Gasteiger partial charge in [-0.05, 0) is 55.1 Å². The molecule has 0 N–H and O–H groups in total. The van der Waals surface area contributed by atoms with E-state index in [1.54, 1.807) is 30.4 Å². The molecule has 0 saturated heterocycles. The molecule has 0 aliphatic heterocycles. The first-order valence-electron chi connectivity index (χ1n) is 9.84. The van der Waals surface area contributed by atoms with Crippen LogP contribution in [0.15, 0.2) is 72.1 Å². The molecule has 0 aliphatic rings. The molecule has 0 amide bonds. The van der Waals surface area contributed by atoms with Crippen molar-refractivity contribution in [1.82, 2.24) is 24.6 Å². The third kappa shape index (κ3) is 5.32. The minimum absolute atomic E-state index is 0.0242. The molecule has 0 unspecified atom stereocenters. The van der Waals surface area contributed by atoms with Crippen LogP contribution in [0.5, 0.6) is 0 Å². The van der Waals surface area contributed by atoms with E-state index >= 15 is 0 Å². The SMILES string of the molecule is CN(Cc1c(F)cccc1F)Cc1nnc(SCc2ccncc2)n1-c1cccc(Cl)c1. The zero-order chi connectivity index (χ0) is 22.5. The van der Waals surface area contributed by atoms with Crippen LogP contribution in [-0.4, -0.2) is 31.7 Å². The third-order valence-electron chi connectivity index (χ3n) is 4.79. The second-order valence-corrected chi connectivity index (χ2v) is 8.61. The van der Waals surface area contributed by atoms with Crippen molar-refractivity contribution in [3.05, 3.63) is 101 Å². The summed E-state index contributed by atoms with van der Waals surface area (Å²) in [5.41, 5.74) is 1.95. The number of nitrogens with zero attached hydrogens (tertiary/aromatic N) is 5. The molecule has 2 heterocycles. The van der Waals surface area contributed by atoms with Crippen LogP contribution in [0.25, 0.3) is 5.69 Å². The molecule has 32 heavy (non-hydrogen) atoms.